The van der Waals surface area contributed by atoms with Crippen molar-refractivity contribution in [3.63, 3.8) is 0 Å². The van der Waals surface area contributed by atoms with E-state index in [0.717, 1.165) is 47.9 Å². The van der Waals surface area contributed by atoms with Crippen LogP contribution in [0, 0.1) is 35.5 Å². The molecule has 11 rings (SSSR count). The topological polar surface area (TPSA) is 554 Å². The van der Waals surface area contributed by atoms with Crippen LogP contribution in [-0.4, -0.2) is 287 Å². The van der Waals surface area contributed by atoms with E-state index in [2.05, 4.69) is 150 Å². The molecule has 8 heterocycles. The third kappa shape index (κ3) is 39.4. The highest BCUT2D eigenvalue weighted by Gasteiger charge is 2.44. The molecule has 139 heavy (non-hydrogen) atoms. The largest absolute Gasteiger partial charge is 0.478 e. The van der Waals surface area contributed by atoms with Crippen molar-refractivity contribution in [2.75, 3.05) is 94.0 Å². The Labute approximate surface area is 824 Å². The SMILES string of the molecule is CC(=O)c1cnc(CO)c(Br)c1.COC(=O)NCC#Cc1cc(C(C)=O)cnc1CO.COC(=O)NCC#Cc1cc(C(C)N(C(=O)[C@H]2CN(C(=O)OC(C)(C)C)CCO2)C2CC2)cnc1CO.COC(=O)NCC#Cc1cc(C(C)NC2CC2)cnc1CO.COC(=O)NCCCc1cc(C(C)N(C(=O)[C@H]2CN(C(=O)OC(C)(C)C)CCO2)C2CC2)cnc1CO.O=C(O)c1cnc(CO)c(Br)c1. The van der Waals surface area contributed by atoms with Gasteiger partial charge in [0.2, 0.25) is 0 Å². The van der Waals surface area contributed by atoms with Gasteiger partial charge in [0.05, 0.1) is 166 Å². The zero-order valence-electron chi connectivity index (χ0n) is 80.6. The molecular weight excluding hydrogens is 1940 g/mol. The Balaban J connectivity index is 0.000000269. The van der Waals surface area contributed by atoms with Crippen LogP contribution in [0.2, 0.25) is 0 Å². The number of aromatic nitrogens is 6. The second-order valence-corrected chi connectivity index (χ2v) is 35.5. The van der Waals surface area contributed by atoms with Crippen molar-refractivity contribution in [2.45, 2.75) is 227 Å². The maximum absolute atomic E-state index is 13.7. The lowest BCUT2D eigenvalue weighted by molar-refractivity contribution is -0.152. The van der Waals surface area contributed by atoms with E-state index >= 15 is 0 Å². The average molecular weight is 2060 g/mol. The van der Waals surface area contributed by atoms with Crippen LogP contribution < -0.4 is 26.6 Å². The summed E-state index contributed by atoms with van der Waals surface area (Å²) in [5, 5.41) is 77.5. The number of carbonyl (C=O) groups excluding carboxylic acids is 10. The number of alkyl carbamates (subject to hydrolysis) is 4. The van der Waals surface area contributed by atoms with Crippen molar-refractivity contribution in [2.24, 2.45) is 0 Å². The van der Waals surface area contributed by atoms with Crippen LogP contribution >= 0.6 is 31.9 Å². The van der Waals surface area contributed by atoms with Crippen LogP contribution in [0.4, 0.5) is 28.8 Å². The van der Waals surface area contributed by atoms with Gasteiger partial charge in [-0.25, -0.2) is 33.6 Å². The number of hydrogen-bond donors (Lipinski definition) is 12. The summed E-state index contributed by atoms with van der Waals surface area (Å²) in [6.45, 7) is 20.7. The number of hydrogen-bond acceptors (Lipinski definition) is 32. The molecular formula is C96H125Br2N15O26. The number of morpholine rings is 2. The normalized spacial score (nSPS) is 15.1. The van der Waals surface area contributed by atoms with Gasteiger partial charge in [-0.1, -0.05) is 41.6 Å². The Morgan fingerprint density at radius 2 is 0.813 bits per heavy atom. The lowest BCUT2D eigenvalue weighted by Crippen LogP contribution is -2.54. The number of nitrogens with zero attached hydrogens (tertiary/aromatic N) is 10. The van der Waals surface area contributed by atoms with Crippen LogP contribution in [-0.2, 0) is 93.5 Å². The maximum Gasteiger partial charge on any atom is 0.410 e. The summed E-state index contributed by atoms with van der Waals surface area (Å²) in [7, 11) is 5.14. The summed E-state index contributed by atoms with van der Waals surface area (Å²) < 4.78 is 41.7. The van der Waals surface area contributed by atoms with Gasteiger partial charge in [0.1, 0.15) is 11.2 Å². The Kier molecular flexibility index (Phi) is 47.9. The number of aliphatic hydroxyl groups excluding tert-OH is 6. The number of ketones is 2. The minimum atomic E-state index is -1.03. The van der Waals surface area contributed by atoms with Crippen molar-refractivity contribution in [1.29, 1.82) is 0 Å². The second kappa shape index (κ2) is 57.8. The summed E-state index contributed by atoms with van der Waals surface area (Å²) in [4.78, 5) is 161. The molecule has 754 valence electrons. The van der Waals surface area contributed by atoms with Crippen molar-refractivity contribution < 1.29 is 126 Å². The van der Waals surface area contributed by atoms with E-state index in [-0.39, 0.29) is 145 Å². The number of carbonyl (C=O) groups is 11. The smallest absolute Gasteiger partial charge is 0.410 e. The summed E-state index contributed by atoms with van der Waals surface area (Å²) in [5.41, 5.74) is 7.82. The number of halogens is 2. The molecule has 8 amide bonds. The van der Waals surface area contributed by atoms with E-state index < -0.39 is 65.9 Å². The van der Waals surface area contributed by atoms with Gasteiger partial charge in [0, 0.05) is 118 Å². The zero-order chi connectivity index (χ0) is 103. The molecule has 43 heteroatoms. The molecule has 6 aromatic rings. The molecule has 2 aliphatic heterocycles. The number of amides is 8. The first-order valence-corrected chi connectivity index (χ1v) is 46.1. The number of rotatable bonds is 27. The molecule has 41 nitrogen and oxygen atoms in total. The standard InChI is InChI=1S/C26H40N4O7.C26H36N4O7.C16H21N3O3.C13H14N2O4.C8H8BrNO2.C7H6BrNO3/c2*1-17(19-13-18(21(16-31)28-14-19)7-6-10-27-24(33)35-5)30(20-8-9-20)23(32)22-15-29(11-12-36-22)25(34)37-26(2,3)4;1-11(19-14-5-6-14)13-8-12(15(10-20)18-9-13)4-3-7-17-16(21)22-2;1-9(17)11-6-10(12(8-16)15-7-11)4-3-5-14-13(18)19-2;1-5(12)6-2-7(9)8(4-11)10-3-6;8-5-1-4(7(11)12)2-9-6(5)3-10/h13-14,17,20,22,31H,6-12,15-16H2,1-5H3,(H,27,33);13-14,17,20,22,31H,8-12,15-16H2,1-5H3,(H,27,33);8-9,11,14,19-20H,5-7,10H2,1-2H3,(H,17,21);6-7,16H,5,8H2,1-2H3,(H,14,18);2-3,11H,4H2,1H3;1-2,10H,3H2,(H,11,12)/t2*17?,22-;;;;/m11..../s1. The van der Waals surface area contributed by atoms with Gasteiger partial charge in [-0.15, -0.1) is 0 Å². The van der Waals surface area contributed by atoms with E-state index in [1.807, 2.05) is 51.7 Å². The van der Waals surface area contributed by atoms with Gasteiger partial charge in [0.15, 0.2) is 23.8 Å². The summed E-state index contributed by atoms with van der Waals surface area (Å²) >= 11 is 6.29. The monoisotopic (exact) mass is 2060 g/mol. The van der Waals surface area contributed by atoms with E-state index in [4.69, 9.17) is 39.4 Å². The number of carboxylic acid groups (broad SMARTS) is 1. The van der Waals surface area contributed by atoms with Gasteiger partial charge in [-0.2, -0.15) is 0 Å². The van der Waals surface area contributed by atoms with E-state index in [1.54, 1.807) is 62.5 Å². The number of aliphatic hydroxyl groups is 6. The molecule has 5 aliphatic rings. The summed E-state index contributed by atoms with van der Waals surface area (Å²) in [5.74, 6) is 15.4. The third-order valence-electron chi connectivity index (χ3n) is 20.8. The fraction of sp³-hybridized carbons (Fsp3) is 0.510. The minimum Gasteiger partial charge on any atom is -0.478 e. The second-order valence-electron chi connectivity index (χ2n) is 33.8. The van der Waals surface area contributed by atoms with Gasteiger partial charge in [-0.3, -0.25) is 49.1 Å². The number of aromatic carboxylic acids is 1. The highest BCUT2D eigenvalue weighted by atomic mass is 79.9. The number of pyridine rings is 6. The molecule has 3 unspecified atom stereocenters. The van der Waals surface area contributed by atoms with Crippen molar-refractivity contribution in [3.8, 4) is 35.5 Å². The number of methoxy groups -OCH3 is 4. The molecule has 2 saturated heterocycles. The molecule has 6 aromatic heterocycles. The lowest BCUT2D eigenvalue weighted by Gasteiger charge is -2.37. The fourth-order valence-corrected chi connectivity index (χ4v) is 14.0. The van der Waals surface area contributed by atoms with Gasteiger partial charge < -0.3 is 120 Å². The van der Waals surface area contributed by atoms with Crippen molar-refractivity contribution in [3.05, 3.63) is 172 Å². The van der Waals surface area contributed by atoms with Crippen molar-refractivity contribution in [1.82, 2.24) is 76.1 Å². The predicted octanol–water partition coefficient (Wildman–Crippen LogP) is 8.67. The number of ether oxygens (including phenoxy) is 8. The highest BCUT2D eigenvalue weighted by molar-refractivity contribution is 9.10. The first-order valence-electron chi connectivity index (χ1n) is 44.6. The molecule has 5 fully saturated rings. The van der Waals surface area contributed by atoms with Crippen LogP contribution in [0.1, 0.15) is 243 Å². The summed E-state index contributed by atoms with van der Waals surface area (Å²) in [6.07, 6.45) is 11.8. The quantitative estimate of drug-likeness (QED) is 0.00992. The van der Waals surface area contributed by atoms with Crippen LogP contribution in [0.15, 0.2) is 82.5 Å². The maximum atomic E-state index is 13.7. The molecule has 5 atom stereocenters. The number of carboxylic acids is 1. The Bertz CT molecular complexity index is 5340. The molecule has 0 radical (unpaired) electrons. The first-order chi connectivity index (χ1) is 66.1. The molecule has 0 aromatic carbocycles. The Morgan fingerprint density at radius 1 is 0.468 bits per heavy atom. The van der Waals surface area contributed by atoms with Gasteiger partial charge in [-0.05, 0) is 212 Å². The Morgan fingerprint density at radius 3 is 1.18 bits per heavy atom. The third-order valence-corrected chi connectivity index (χ3v) is 22.2. The number of nitrogens with one attached hydrogen (secondary N) is 5. The molecule has 0 spiro atoms. The van der Waals surface area contributed by atoms with Crippen LogP contribution in [0.3, 0.4) is 0 Å². The van der Waals surface area contributed by atoms with E-state index in [1.165, 1.54) is 89.6 Å². The first kappa shape index (κ1) is 115. The molecule has 0 bridgehead atoms. The Hall–Kier alpha value is -12.4. The average Bonchev–Trinajstić information content (AvgIpc) is 1.57. The highest BCUT2D eigenvalue weighted by Crippen LogP contribution is 2.38. The molecule has 3 aliphatic carbocycles. The predicted molar refractivity (Wildman–Crippen MR) is 510 cm³/mol. The van der Waals surface area contributed by atoms with Crippen LogP contribution in [0.5, 0.6) is 0 Å². The number of Topliss-reactive ketones (excluding diaryl/α,β-unsaturated/α-hetero) is 2. The van der Waals surface area contributed by atoms with E-state index in [0.29, 0.717) is 109 Å². The molecule has 3 saturated carbocycles. The van der Waals surface area contributed by atoms with Crippen molar-refractivity contribution >= 4 is 97.8 Å². The lowest BCUT2D eigenvalue weighted by atomic mass is 10.0. The zero-order valence-corrected chi connectivity index (χ0v) is 83.8. The van der Waals surface area contributed by atoms with E-state index in [9.17, 15) is 68.1 Å². The minimum absolute atomic E-state index is 0.0345. The number of aryl methyl sites for hydroxylation is 1. The van der Waals surface area contributed by atoms with Crippen LogP contribution in [0.25, 0.3) is 0 Å². The van der Waals surface area contributed by atoms with Gasteiger partial charge >= 0.3 is 42.5 Å². The summed E-state index contributed by atoms with van der Waals surface area (Å²) in [6, 6.07) is 10.7. The molecule has 12 N–H and O–H groups in total. The van der Waals surface area contributed by atoms with Gasteiger partial charge in [0.25, 0.3) is 11.8 Å². The fourth-order valence-electron chi connectivity index (χ4n) is 13.0.